The van der Waals surface area contributed by atoms with Gasteiger partial charge < -0.3 is 4.90 Å². The molecule has 1 heterocycles. The number of fused-ring (bicyclic) bond motifs is 1. The predicted octanol–water partition coefficient (Wildman–Crippen LogP) is 2.60. The van der Waals surface area contributed by atoms with Crippen molar-refractivity contribution in [2.24, 2.45) is 0 Å². The fourth-order valence-electron chi connectivity index (χ4n) is 3.33. The maximum absolute atomic E-state index is 11.4. The molecule has 0 bridgehead atoms. The zero-order valence-electron chi connectivity index (χ0n) is 14.4. The van der Waals surface area contributed by atoms with Crippen LogP contribution < -0.4 is 4.90 Å². The third kappa shape index (κ3) is 4.22. The third-order valence-corrected chi connectivity index (χ3v) is 6.12. The smallest absolute Gasteiger partial charge is 0.294 e. The molecule has 2 rings (SSSR count). The summed E-state index contributed by atoms with van der Waals surface area (Å²) in [5.74, 6) is -0.288. The number of anilines is 1. The van der Waals surface area contributed by atoms with Crippen molar-refractivity contribution in [1.82, 2.24) is 0 Å². The van der Waals surface area contributed by atoms with Crippen molar-refractivity contribution < 1.29 is 25.9 Å². The van der Waals surface area contributed by atoms with Crippen molar-refractivity contribution in [1.29, 1.82) is 0 Å². The highest BCUT2D eigenvalue weighted by Gasteiger charge is 2.40. The lowest BCUT2D eigenvalue weighted by Crippen LogP contribution is -2.27. The highest BCUT2D eigenvalue weighted by atomic mass is 32.2. The predicted molar refractivity (Wildman–Crippen MR) is 96.0 cm³/mol. The van der Waals surface area contributed by atoms with E-state index in [4.69, 9.17) is 4.55 Å². The molecule has 140 valence electrons. The second kappa shape index (κ2) is 6.71. The molecule has 0 saturated carbocycles. The second-order valence-corrected chi connectivity index (χ2v) is 9.59. The van der Waals surface area contributed by atoms with Crippen LogP contribution in [0, 0.1) is 0 Å². The van der Waals surface area contributed by atoms with Crippen LogP contribution in [0.1, 0.15) is 39.2 Å². The lowest BCUT2D eigenvalue weighted by atomic mass is 9.84. The van der Waals surface area contributed by atoms with E-state index in [1.165, 1.54) is 12.1 Å². The van der Waals surface area contributed by atoms with Crippen LogP contribution >= 0.6 is 0 Å². The first kappa shape index (κ1) is 19.9. The summed E-state index contributed by atoms with van der Waals surface area (Å²) in [5, 5.41) is 0. The zero-order chi connectivity index (χ0) is 19.0. The lowest BCUT2D eigenvalue weighted by molar-refractivity contribution is 0.478. The van der Waals surface area contributed by atoms with Crippen LogP contribution in [-0.4, -0.2) is 38.2 Å². The van der Waals surface area contributed by atoms with Gasteiger partial charge in [-0.25, -0.2) is 0 Å². The molecule has 25 heavy (non-hydrogen) atoms. The van der Waals surface area contributed by atoms with Gasteiger partial charge in [0.2, 0.25) is 0 Å². The van der Waals surface area contributed by atoms with Gasteiger partial charge in [-0.3, -0.25) is 9.11 Å². The van der Waals surface area contributed by atoms with E-state index in [0.717, 1.165) is 16.9 Å². The summed E-state index contributed by atoms with van der Waals surface area (Å²) in [6.45, 7) is 6.36. The molecule has 0 amide bonds. The molecular weight excluding hydrogens is 366 g/mol. The molecule has 0 aliphatic carbocycles. The average Bonchev–Trinajstić information content (AvgIpc) is 2.68. The Labute approximate surface area is 148 Å². The number of hydrogen-bond donors (Lipinski definition) is 2. The maximum Gasteiger partial charge on any atom is 0.294 e. The Morgan fingerprint density at radius 2 is 1.76 bits per heavy atom. The summed E-state index contributed by atoms with van der Waals surface area (Å²) in [5.41, 5.74) is 2.14. The van der Waals surface area contributed by atoms with E-state index >= 15 is 0 Å². The van der Waals surface area contributed by atoms with E-state index < -0.39 is 25.7 Å². The summed E-state index contributed by atoms with van der Waals surface area (Å²) < 4.78 is 62.6. The van der Waals surface area contributed by atoms with Gasteiger partial charge in [-0.05, 0) is 43.5 Å². The van der Waals surface area contributed by atoms with Crippen molar-refractivity contribution in [2.45, 2.75) is 43.9 Å². The number of rotatable bonds is 6. The van der Waals surface area contributed by atoms with Crippen molar-refractivity contribution in [2.75, 3.05) is 17.2 Å². The Morgan fingerprint density at radius 1 is 1.12 bits per heavy atom. The fraction of sp³-hybridized carbons (Fsp3) is 0.500. The maximum atomic E-state index is 11.4. The van der Waals surface area contributed by atoms with Gasteiger partial charge in [0, 0.05) is 23.3 Å². The molecule has 0 atom stereocenters. The molecule has 1 aromatic rings. The Morgan fingerprint density at radius 3 is 2.28 bits per heavy atom. The SMILES string of the molecule is CC=C1N(CCCCS(=O)(=O)O)c2ccc(S(=O)(=O)O)cc2C1(C)C. The monoisotopic (exact) mass is 389 g/mol. The molecule has 0 saturated heterocycles. The summed E-state index contributed by atoms with van der Waals surface area (Å²) >= 11 is 0. The standard InChI is InChI=1S/C16H23NO6S2/c1-4-15-16(2,3)13-11-12(25(21,22)23)7-8-14(13)17(15)9-5-6-10-24(18,19)20/h4,7-8,11H,5-6,9-10H2,1-3H3,(H,18,19,20)(H,21,22,23). The zero-order valence-corrected chi connectivity index (χ0v) is 16.1. The summed E-state index contributed by atoms with van der Waals surface area (Å²) in [6.07, 6.45) is 2.81. The van der Waals surface area contributed by atoms with Gasteiger partial charge in [-0.15, -0.1) is 0 Å². The third-order valence-electron chi connectivity index (χ3n) is 4.47. The van der Waals surface area contributed by atoms with Gasteiger partial charge >= 0.3 is 0 Å². The van der Waals surface area contributed by atoms with Gasteiger partial charge in [0.25, 0.3) is 20.2 Å². The van der Waals surface area contributed by atoms with Crippen molar-refractivity contribution in [3.63, 3.8) is 0 Å². The van der Waals surface area contributed by atoms with E-state index in [1.54, 1.807) is 6.07 Å². The van der Waals surface area contributed by atoms with Crippen LogP contribution in [0.15, 0.2) is 34.9 Å². The minimum Gasteiger partial charge on any atom is -0.344 e. The van der Waals surface area contributed by atoms with Crippen LogP contribution in [0.5, 0.6) is 0 Å². The largest absolute Gasteiger partial charge is 0.344 e. The van der Waals surface area contributed by atoms with E-state index in [0.29, 0.717) is 19.4 Å². The summed E-state index contributed by atoms with van der Waals surface area (Å²) in [4.78, 5) is 1.87. The van der Waals surface area contributed by atoms with Gasteiger partial charge in [0.15, 0.2) is 0 Å². The molecule has 0 unspecified atom stereocenters. The van der Waals surface area contributed by atoms with Crippen LogP contribution in [-0.2, 0) is 25.7 Å². The number of allylic oxidation sites excluding steroid dienone is 2. The molecular formula is C16H23NO6S2. The Hall–Kier alpha value is -1.42. The molecule has 2 N–H and O–H groups in total. The van der Waals surface area contributed by atoms with Crippen LogP contribution in [0.2, 0.25) is 0 Å². The topological polar surface area (TPSA) is 112 Å². The summed E-state index contributed by atoms with van der Waals surface area (Å²) in [7, 11) is -8.26. The molecule has 7 nitrogen and oxygen atoms in total. The van der Waals surface area contributed by atoms with Crippen molar-refractivity contribution in [3.8, 4) is 0 Å². The van der Waals surface area contributed by atoms with Gasteiger partial charge in [0.1, 0.15) is 0 Å². The van der Waals surface area contributed by atoms with Gasteiger partial charge in [-0.2, -0.15) is 16.8 Å². The Kier molecular flexibility index (Phi) is 5.34. The molecule has 1 aromatic carbocycles. The minimum absolute atomic E-state index is 0.150. The van der Waals surface area contributed by atoms with Crippen molar-refractivity contribution in [3.05, 3.63) is 35.5 Å². The number of unbranched alkanes of at least 4 members (excludes halogenated alkanes) is 1. The first-order valence-electron chi connectivity index (χ1n) is 7.89. The number of hydrogen-bond acceptors (Lipinski definition) is 5. The molecule has 1 aliphatic rings. The molecule has 1 aliphatic heterocycles. The quantitative estimate of drug-likeness (QED) is 0.568. The average molecular weight is 389 g/mol. The van der Waals surface area contributed by atoms with Crippen LogP contribution in [0.4, 0.5) is 5.69 Å². The fourth-order valence-corrected chi connectivity index (χ4v) is 4.40. The highest BCUT2D eigenvalue weighted by molar-refractivity contribution is 7.86. The Balaban J connectivity index is 2.34. The minimum atomic E-state index is -4.29. The van der Waals surface area contributed by atoms with E-state index in [2.05, 4.69) is 0 Å². The first-order valence-corrected chi connectivity index (χ1v) is 10.9. The Bertz CT molecular complexity index is 901. The number of benzene rings is 1. The molecule has 9 heteroatoms. The van der Waals surface area contributed by atoms with Crippen LogP contribution in [0.3, 0.4) is 0 Å². The van der Waals surface area contributed by atoms with Gasteiger partial charge in [0.05, 0.1) is 10.6 Å². The summed E-state index contributed by atoms with van der Waals surface area (Å²) in [6, 6.07) is 4.49. The molecule has 0 aromatic heterocycles. The van der Waals surface area contributed by atoms with E-state index in [9.17, 15) is 21.4 Å². The molecule has 0 fully saturated rings. The van der Waals surface area contributed by atoms with Crippen LogP contribution in [0.25, 0.3) is 0 Å². The molecule has 0 spiro atoms. The molecule has 0 radical (unpaired) electrons. The second-order valence-electron chi connectivity index (χ2n) is 6.60. The van der Waals surface area contributed by atoms with E-state index in [-0.39, 0.29) is 10.6 Å². The normalized spacial score (nSPS) is 18.6. The lowest BCUT2D eigenvalue weighted by Gasteiger charge is -2.27. The van der Waals surface area contributed by atoms with Crippen molar-refractivity contribution >= 4 is 25.9 Å². The van der Waals surface area contributed by atoms with Gasteiger partial charge in [-0.1, -0.05) is 19.9 Å². The number of nitrogens with zero attached hydrogens (tertiary/aromatic N) is 1. The highest BCUT2D eigenvalue weighted by Crippen LogP contribution is 2.48. The van der Waals surface area contributed by atoms with E-state index in [1.807, 2.05) is 31.7 Å². The first-order chi connectivity index (χ1) is 11.4.